The second-order valence-corrected chi connectivity index (χ2v) is 19.7. The molecule has 1 unspecified atom stereocenters. The van der Waals surface area contributed by atoms with Crippen molar-refractivity contribution in [3.05, 3.63) is 309 Å². The Morgan fingerprint density at radius 3 is 1.21 bits per heavy atom. The molecule has 0 spiro atoms. The van der Waals surface area contributed by atoms with E-state index in [9.17, 15) is 0 Å². The number of hydrogen-bond donors (Lipinski definition) is 0. The molecule has 2 atom stereocenters. The molecule has 0 amide bonds. The molecule has 0 saturated carbocycles. The fourth-order valence-corrected chi connectivity index (χ4v) is 11.7. The number of benzene rings is 11. The lowest BCUT2D eigenvalue weighted by molar-refractivity contribution is 0.745. The Balaban J connectivity index is 0.829. The number of nitrogens with zero attached hydrogens (tertiary/aromatic N) is 4. The van der Waals surface area contributed by atoms with Crippen LogP contribution in [0.2, 0.25) is 0 Å². The van der Waals surface area contributed by atoms with Crippen LogP contribution in [-0.2, 0) is 0 Å². The van der Waals surface area contributed by atoms with Crippen molar-refractivity contribution >= 4 is 67.3 Å². The zero-order valence-electron chi connectivity index (χ0n) is 41.8. The smallest absolute Gasteiger partial charge is 0.0629 e. The SMILES string of the molecule is C1=CC2[C@@H](C=C1)c1cc(N(c3ccc(-c4ccccc4)cc3)c3ccc(-c4ccc(N(c5ccc(-c6ccccc6)cc5)c5ccc6c(c5)c5ccccc5n6-c5ccccc5)cc4)cc3)ccc1N2c1ccccc1. The minimum Gasteiger partial charge on any atom is -0.333 e. The van der Waals surface area contributed by atoms with E-state index in [1.165, 1.54) is 61.0 Å². The first-order valence-electron chi connectivity index (χ1n) is 26.2. The average molecular weight is 973 g/mol. The summed E-state index contributed by atoms with van der Waals surface area (Å²) < 4.78 is 2.38. The fourth-order valence-electron chi connectivity index (χ4n) is 11.7. The minimum atomic E-state index is 0.214. The van der Waals surface area contributed by atoms with Crippen molar-refractivity contribution in [1.82, 2.24) is 4.57 Å². The van der Waals surface area contributed by atoms with Crippen LogP contribution in [0.1, 0.15) is 11.5 Å². The zero-order valence-corrected chi connectivity index (χ0v) is 41.8. The van der Waals surface area contributed by atoms with E-state index in [-0.39, 0.29) is 12.0 Å². The highest BCUT2D eigenvalue weighted by Gasteiger charge is 2.38. The molecule has 0 bridgehead atoms. The molecule has 76 heavy (non-hydrogen) atoms. The summed E-state index contributed by atoms with van der Waals surface area (Å²) in [7, 11) is 0. The molecule has 12 aromatic rings. The summed E-state index contributed by atoms with van der Waals surface area (Å²) in [5, 5.41) is 2.43. The number of anilines is 8. The molecular formula is C72H52N4. The molecule has 1 aliphatic carbocycles. The van der Waals surface area contributed by atoms with E-state index in [4.69, 9.17) is 0 Å². The lowest BCUT2D eigenvalue weighted by atomic mass is 9.91. The van der Waals surface area contributed by atoms with Crippen molar-refractivity contribution in [3.8, 4) is 39.1 Å². The Morgan fingerprint density at radius 1 is 0.289 bits per heavy atom. The van der Waals surface area contributed by atoms with E-state index in [1.54, 1.807) is 0 Å². The summed E-state index contributed by atoms with van der Waals surface area (Å²) in [6.45, 7) is 0. The van der Waals surface area contributed by atoms with Crippen molar-refractivity contribution in [1.29, 1.82) is 0 Å². The van der Waals surface area contributed by atoms with Gasteiger partial charge in [0, 0.05) is 67.9 Å². The van der Waals surface area contributed by atoms with Gasteiger partial charge in [-0.3, -0.25) is 0 Å². The molecule has 2 aliphatic rings. The number of allylic oxidation sites excluding steroid dienone is 2. The van der Waals surface area contributed by atoms with Crippen molar-refractivity contribution in [2.75, 3.05) is 14.7 Å². The molecule has 360 valence electrons. The summed E-state index contributed by atoms with van der Waals surface area (Å²) in [5.74, 6) is 0.238. The molecule has 0 saturated heterocycles. The van der Waals surface area contributed by atoms with Gasteiger partial charge in [0.05, 0.1) is 17.1 Å². The van der Waals surface area contributed by atoms with Crippen LogP contribution in [0.3, 0.4) is 0 Å². The monoisotopic (exact) mass is 972 g/mol. The van der Waals surface area contributed by atoms with Crippen molar-refractivity contribution < 1.29 is 0 Å². The van der Waals surface area contributed by atoms with Gasteiger partial charge in [-0.05, 0) is 154 Å². The summed E-state index contributed by atoms with van der Waals surface area (Å²) in [4.78, 5) is 7.28. The molecule has 0 fully saturated rings. The lowest BCUT2D eigenvalue weighted by Gasteiger charge is -2.28. The van der Waals surface area contributed by atoms with E-state index < -0.39 is 0 Å². The zero-order chi connectivity index (χ0) is 50.4. The van der Waals surface area contributed by atoms with Gasteiger partial charge < -0.3 is 19.3 Å². The quantitative estimate of drug-likeness (QED) is 0.128. The van der Waals surface area contributed by atoms with E-state index in [2.05, 4.69) is 323 Å². The number of para-hydroxylation sites is 3. The highest BCUT2D eigenvalue weighted by molar-refractivity contribution is 6.10. The Labute approximate surface area is 444 Å². The predicted octanol–water partition coefficient (Wildman–Crippen LogP) is 19.5. The van der Waals surface area contributed by atoms with Crippen LogP contribution in [0.4, 0.5) is 45.5 Å². The van der Waals surface area contributed by atoms with Crippen LogP contribution in [-0.4, -0.2) is 10.6 Å². The molecular weight excluding hydrogens is 921 g/mol. The van der Waals surface area contributed by atoms with Gasteiger partial charge >= 0.3 is 0 Å². The highest BCUT2D eigenvalue weighted by atomic mass is 15.2. The van der Waals surface area contributed by atoms with Gasteiger partial charge in [0.1, 0.15) is 0 Å². The standard InChI is InChI=1S/C72H52N4/c1-5-17-51(18-6-1)53-29-37-59(38-30-53)73(63-45-47-71-67(49-63)65-25-13-15-27-69(65)75(71)57-21-9-3-10-22-57)61-41-33-55(34-42-61)56-35-43-62(44-36-56)74(60-39-31-54(32-40-60)52-19-7-2-8-20-52)64-46-48-72-68(50-64)66-26-14-16-28-70(66)76(72)58-23-11-4-12-24-58/h1-50,65,69H/t65-,69?/m0/s1. The third kappa shape index (κ3) is 8.05. The molecule has 11 aromatic carbocycles. The van der Waals surface area contributed by atoms with Crippen LogP contribution in [0.15, 0.2) is 303 Å². The summed E-state index contributed by atoms with van der Waals surface area (Å²) in [6.07, 6.45) is 9.09. The Hall–Kier alpha value is -9.90. The maximum Gasteiger partial charge on any atom is 0.0629 e. The first kappa shape index (κ1) is 44.8. The molecule has 2 heterocycles. The van der Waals surface area contributed by atoms with Crippen LogP contribution < -0.4 is 14.7 Å². The maximum absolute atomic E-state index is 2.49. The molecule has 14 rings (SSSR count). The van der Waals surface area contributed by atoms with Gasteiger partial charge in [-0.2, -0.15) is 0 Å². The normalized spacial score (nSPS) is 14.4. The number of hydrogen-bond acceptors (Lipinski definition) is 3. The van der Waals surface area contributed by atoms with Crippen molar-refractivity contribution in [2.24, 2.45) is 0 Å². The van der Waals surface area contributed by atoms with Gasteiger partial charge in [0.15, 0.2) is 0 Å². The molecule has 0 radical (unpaired) electrons. The van der Waals surface area contributed by atoms with E-state index >= 15 is 0 Å². The second kappa shape index (κ2) is 19.2. The Morgan fingerprint density at radius 2 is 0.684 bits per heavy atom. The average Bonchev–Trinajstić information content (AvgIpc) is 4.11. The summed E-state index contributed by atoms with van der Waals surface area (Å²) >= 11 is 0. The first-order valence-corrected chi connectivity index (χ1v) is 26.2. The lowest BCUT2D eigenvalue weighted by Crippen LogP contribution is -2.28. The third-order valence-corrected chi connectivity index (χ3v) is 15.3. The fraction of sp³-hybridized carbons (Fsp3) is 0.0278. The van der Waals surface area contributed by atoms with Crippen molar-refractivity contribution in [2.45, 2.75) is 12.0 Å². The summed E-state index contributed by atoms with van der Waals surface area (Å²) in [6, 6.07) is 102. The topological polar surface area (TPSA) is 14.7 Å². The highest BCUT2D eigenvalue weighted by Crippen LogP contribution is 2.50. The minimum absolute atomic E-state index is 0.214. The van der Waals surface area contributed by atoms with Crippen LogP contribution in [0, 0.1) is 0 Å². The maximum atomic E-state index is 2.49. The van der Waals surface area contributed by atoms with E-state index in [1.807, 2.05) is 0 Å². The van der Waals surface area contributed by atoms with Crippen LogP contribution >= 0.6 is 0 Å². The third-order valence-electron chi connectivity index (χ3n) is 15.3. The van der Waals surface area contributed by atoms with Crippen LogP contribution in [0.25, 0.3) is 60.9 Å². The van der Waals surface area contributed by atoms with E-state index in [0.717, 1.165) is 50.9 Å². The van der Waals surface area contributed by atoms with Gasteiger partial charge in [-0.1, -0.05) is 188 Å². The number of rotatable bonds is 11. The van der Waals surface area contributed by atoms with E-state index in [0.29, 0.717) is 0 Å². The number of fused-ring (bicyclic) bond motifs is 6. The molecule has 1 aliphatic heterocycles. The van der Waals surface area contributed by atoms with Crippen molar-refractivity contribution in [3.63, 3.8) is 0 Å². The number of aromatic nitrogens is 1. The van der Waals surface area contributed by atoms with Gasteiger partial charge in [-0.25, -0.2) is 0 Å². The Kier molecular flexibility index (Phi) is 11.3. The largest absolute Gasteiger partial charge is 0.333 e. The second-order valence-electron chi connectivity index (χ2n) is 19.7. The van der Waals surface area contributed by atoms with Gasteiger partial charge in [-0.15, -0.1) is 0 Å². The molecule has 4 nitrogen and oxygen atoms in total. The molecule has 1 aromatic heterocycles. The molecule has 0 N–H and O–H groups in total. The van der Waals surface area contributed by atoms with Gasteiger partial charge in [0.25, 0.3) is 0 Å². The van der Waals surface area contributed by atoms with Crippen LogP contribution in [0.5, 0.6) is 0 Å². The first-order chi connectivity index (χ1) is 37.7. The Bertz CT molecular complexity index is 4070. The van der Waals surface area contributed by atoms with Gasteiger partial charge in [0.2, 0.25) is 0 Å². The summed E-state index contributed by atoms with van der Waals surface area (Å²) in [5.41, 5.74) is 21.0. The molecule has 4 heteroatoms. The predicted molar refractivity (Wildman–Crippen MR) is 320 cm³/mol.